The van der Waals surface area contributed by atoms with Crippen molar-refractivity contribution in [1.82, 2.24) is 10.2 Å². The molecular weight excluding hydrogens is 272 g/mol. The molecule has 0 spiro atoms. The number of nitrogens with one attached hydrogen (secondary N) is 1. The van der Waals surface area contributed by atoms with Crippen molar-refractivity contribution in [1.29, 1.82) is 0 Å². The molecule has 1 N–H and O–H groups in total. The molecule has 0 amide bonds. The van der Waals surface area contributed by atoms with E-state index in [1.165, 1.54) is 16.7 Å². The van der Waals surface area contributed by atoms with Gasteiger partial charge in [-0.15, -0.1) is 0 Å². The molecule has 1 saturated heterocycles. The number of rotatable bonds is 2. The van der Waals surface area contributed by atoms with Crippen molar-refractivity contribution in [3.05, 3.63) is 65.2 Å². The maximum atomic E-state index is 5.46. The Hall–Kier alpha value is -1.84. The fourth-order valence-corrected chi connectivity index (χ4v) is 3.86. The zero-order valence-corrected chi connectivity index (χ0v) is 13.0. The van der Waals surface area contributed by atoms with Gasteiger partial charge in [-0.2, -0.15) is 0 Å². The minimum absolute atomic E-state index is 0.455. The summed E-state index contributed by atoms with van der Waals surface area (Å²) in [7, 11) is 1.75. The number of ether oxygens (including phenoxy) is 1. The standard InChI is InChI=1S/C19H22N2O/c1-22-15-7-8-16-17(11-15)19-12-20-9-10-21(19)13-18(16)14-5-3-2-4-6-14/h2-8,11,18-20H,9-10,12-13H2,1H3/t18-,19-/m0/s1. The monoisotopic (exact) mass is 294 g/mol. The summed E-state index contributed by atoms with van der Waals surface area (Å²) in [5.41, 5.74) is 4.29. The molecule has 2 aromatic carbocycles. The van der Waals surface area contributed by atoms with E-state index < -0.39 is 0 Å². The van der Waals surface area contributed by atoms with Gasteiger partial charge in [-0.3, -0.25) is 4.90 Å². The number of benzene rings is 2. The van der Waals surface area contributed by atoms with Gasteiger partial charge in [0.05, 0.1) is 7.11 Å². The summed E-state index contributed by atoms with van der Waals surface area (Å²) in [5, 5.41) is 3.53. The maximum absolute atomic E-state index is 5.46. The highest BCUT2D eigenvalue weighted by molar-refractivity contribution is 5.46. The molecule has 114 valence electrons. The fourth-order valence-electron chi connectivity index (χ4n) is 3.86. The van der Waals surface area contributed by atoms with Crippen LogP contribution in [0.25, 0.3) is 0 Å². The Morgan fingerprint density at radius 3 is 2.77 bits per heavy atom. The number of fused-ring (bicyclic) bond motifs is 3. The van der Waals surface area contributed by atoms with Gasteiger partial charge in [-0.05, 0) is 28.8 Å². The highest BCUT2D eigenvalue weighted by atomic mass is 16.5. The minimum Gasteiger partial charge on any atom is -0.497 e. The summed E-state index contributed by atoms with van der Waals surface area (Å²) in [4.78, 5) is 2.62. The molecule has 0 bridgehead atoms. The Bertz CT molecular complexity index is 656. The maximum Gasteiger partial charge on any atom is 0.119 e. The van der Waals surface area contributed by atoms with E-state index in [1.807, 2.05) is 0 Å². The Balaban J connectivity index is 1.82. The number of hydrogen-bond acceptors (Lipinski definition) is 3. The topological polar surface area (TPSA) is 24.5 Å². The van der Waals surface area contributed by atoms with Gasteiger partial charge in [0.2, 0.25) is 0 Å². The highest BCUT2D eigenvalue weighted by Crippen LogP contribution is 2.41. The van der Waals surface area contributed by atoms with E-state index in [4.69, 9.17) is 4.74 Å². The first-order valence-electron chi connectivity index (χ1n) is 8.04. The van der Waals surface area contributed by atoms with Crippen LogP contribution in [-0.4, -0.2) is 38.2 Å². The van der Waals surface area contributed by atoms with Gasteiger partial charge in [-0.25, -0.2) is 0 Å². The first kappa shape index (κ1) is 13.8. The van der Waals surface area contributed by atoms with Crippen molar-refractivity contribution in [2.24, 2.45) is 0 Å². The molecule has 2 aromatic rings. The highest BCUT2D eigenvalue weighted by Gasteiger charge is 2.35. The van der Waals surface area contributed by atoms with E-state index in [2.05, 4.69) is 58.7 Å². The van der Waals surface area contributed by atoms with E-state index in [-0.39, 0.29) is 0 Å². The van der Waals surface area contributed by atoms with Crippen LogP contribution in [0.1, 0.15) is 28.7 Å². The van der Waals surface area contributed by atoms with Crippen LogP contribution in [0.2, 0.25) is 0 Å². The quantitative estimate of drug-likeness (QED) is 0.922. The molecule has 2 atom stereocenters. The van der Waals surface area contributed by atoms with Crippen LogP contribution in [0, 0.1) is 0 Å². The minimum atomic E-state index is 0.455. The molecule has 3 nitrogen and oxygen atoms in total. The summed E-state index contributed by atoms with van der Waals surface area (Å²) in [5.74, 6) is 1.41. The van der Waals surface area contributed by atoms with Crippen molar-refractivity contribution in [3.8, 4) is 5.75 Å². The first-order valence-corrected chi connectivity index (χ1v) is 8.04. The fraction of sp³-hybridized carbons (Fsp3) is 0.368. The third kappa shape index (κ3) is 2.31. The van der Waals surface area contributed by atoms with Crippen molar-refractivity contribution in [2.75, 3.05) is 33.3 Å². The third-order valence-corrected chi connectivity index (χ3v) is 5.00. The summed E-state index contributed by atoms with van der Waals surface area (Å²) < 4.78 is 5.46. The number of piperazine rings is 1. The molecule has 3 heteroatoms. The Morgan fingerprint density at radius 2 is 1.95 bits per heavy atom. The molecule has 22 heavy (non-hydrogen) atoms. The predicted molar refractivity (Wildman–Crippen MR) is 88.5 cm³/mol. The van der Waals surface area contributed by atoms with Gasteiger partial charge < -0.3 is 10.1 Å². The van der Waals surface area contributed by atoms with Crippen LogP contribution < -0.4 is 10.1 Å². The molecule has 0 saturated carbocycles. The van der Waals surface area contributed by atoms with Gasteiger partial charge in [0.15, 0.2) is 0 Å². The lowest BCUT2D eigenvalue weighted by Gasteiger charge is -2.44. The van der Waals surface area contributed by atoms with Gasteiger partial charge in [0.25, 0.3) is 0 Å². The molecule has 2 aliphatic heterocycles. The molecular formula is C19H22N2O. The van der Waals surface area contributed by atoms with Crippen LogP contribution in [0.15, 0.2) is 48.5 Å². The molecule has 2 heterocycles. The lowest BCUT2D eigenvalue weighted by Crippen LogP contribution is -2.50. The Kier molecular flexibility index (Phi) is 3.60. The molecule has 0 radical (unpaired) electrons. The SMILES string of the molecule is COc1ccc2c(c1)[C@@H]1CNCCN1C[C@H]2c1ccccc1. The van der Waals surface area contributed by atoms with Gasteiger partial charge >= 0.3 is 0 Å². The van der Waals surface area contributed by atoms with Crippen LogP contribution in [-0.2, 0) is 0 Å². The zero-order valence-electron chi connectivity index (χ0n) is 13.0. The van der Waals surface area contributed by atoms with Crippen molar-refractivity contribution in [3.63, 3.8) is 0 Å². The average molecular weight is 294 g/mol. The van der Waals surface area contributed by atoms with Crippen molar-refractivity contribution < 1.29 is 4.74 Å². The van der Waals surface area contributed by atoms with Crippen molar-refractivity contribution in [2.45, 2.75) is 12.0 Å². The van der Waals surface area contributed by atoms with Crippen LogP contribution in [0.4, 0.5) is 0 Å². The summed E-state index contributed by atoms with van der Waals surface area (Å²) >= 11 is 0. The van der Waals surface area contributed by atoms with Crippen LogP contribution >= 0.6 is 0 Å². The lowest BCUT2D eigenvalue weighted by atomic mass is 9.80. The van der Waals surface area contributed by atoms with Crippen LogP contribution in [0.5, 0.6) is 5.75 Å². The molecule has 4 rings (SSSR count). The third-order valence-electron chi connectivity index (χ3n) is 5.00. The van der Waals surface area contributed by atoms with E-state index in [0.29, 0.717) is 12.0 Å². The molecule has 0 unspecified atom stereocenters. The summed E-state index contributed by atoms with van der Waals surface area (Å²) in [6.45, 7) is 4.33. The first-order chi connectivity index (χ1) is 10.9. The van der Waals surface area contributed by atoms with E-state index in [0.717, 1.165) is 31.9 Å². The van der Waals surface area contributed by atoms with Crippen molar-refractivity contribution >= 4 is 0 Å². The average Bonchev–Trinajstić information content (AvgIpc) is 2.61. The second-order valence-corrected chi connectivity index (χ2v) is 6.17. The Labute approximate surface area is 131 Å². The second-order valence-electron chi connectivity index (χ2n) is 6.17. The van der Waals surface area contributed by atoms with E-state index in [9.17, 15) is 0 Å². The smallest absolute Gasteiger partial charge is 0.119 e. The van der Waals surface area contributed by atoms with Gasteiger partial charge in [0.1, 0.15) is 5.75 Å². The normalized spacial score (nSPS) is 24.4. The van der Waals surface area contributed by atoms with E-state index >= 15 is 0 Å². The summed E-state index contributed by atoms with van der Waals surface area (Å²) in [6, 6.07) is 17.9. The summed E-state index contributed by atoms with van der Waals surface area (Å²) in [6.07, 6.45) is 0. The molecule has 0 aromatic heterocycles. The molecule has 1 fully saturated rings. The number of hydrogen-bond donors (Lipinski definition) is 1. The van der Waals surface area contributed by atoms with Crippen LogP contribution in [0.3, 0.4) is 0 Å². The zero-order chi connectivity index (χ0) is 14.9. The second kappa shape index (κ2) is 5.75. The predicted octanol–water partition coefficient (Wildman–Crippen LogP) is 2.79. The van der Waals surface area contributed by atoms with Gasteiger partial charge in [0, 0.05) is 38.1 Å². The number of methoxy groups -OCH3 is 1. The molecule has 0 aliphatic carbocycles. The Morgan fingerprint density at radius 1 is 1.09 bits per heavy atom. The van der Waals surface area contributed by atoms with Gasteiger partial charge in [-0.1, -0.05) is 36.4 Å². The lowest BCUT2D eigenvalue weighted by molar-refractivity contribution is 0.143. The van der Waals surface area contributed by atoms with E-state index in [1.54, 1.807) is 7.11 Å². The number of nitrogens with zero attached hydrogens (tertiary/aromatic N) is 1. The molecule has 2 aliphatic rings. The largest absolute Gasteiger partial charge is 0.497 e.